The van der Waals surface area contributed by atoms with Crippen LogP contribution in [0.1, 0.15) is 48.4 Å². The standard InChI is InChI=1S/C16H20N2O2S/c1-3-21-12-8-7-11(9-12)18-10(2)17-15-13(16(19)20)5-4-6-14(15)18/h4-6,11-12H,3,7-9H2,1-2H3,(H,19,20). The van der Waals surface area contributed by atoms with Crippen molar-refractivity contribution in [1.29, 1.82) is 0 Å². The van der Waals surface area contributed by atoms with E-state index in [1.165, 1.54) is 6.42 Å². The van der Waals surface area contributed by atoms with E-state index in [9.17, 15) is 9.90 Å². The summed E-state index contributed by atoms with van der Waals surface area (Å²) in [6.07, 6.45) is 3.55. The van der Waals surface area contributed by atoms with Crippen LogP contribution in [-0.2, 0) is 0 Å². The molecule has 112 valence electrons. The summed E-state index contributed by atoms with van der Waals surface area (Å²) in [5, 5.41) is 10.0. The maximum absolute atomic E-state index is 11.3. The lowest BCUT2D eigenvalue weighted by Gasteiger charge is -2.16. The third kappa shape index (κ3) is 2.55. The van der Waals surface area contributed by atoms with Gasteiger partial charge in [0.15, 0.2) is 0 Å². The van der Waals surface area contributed by atoms with Crippen molar-refractivity contribution in [3.05, 3.63) is 29.6 Å². The van der Waals surface area contributed by atoms with Gasteiger partial charge < -0.3 is 9.67 Å². The number of benzene rings is 1. The van der Waals surface area contributed by atoms with E-state index < -0.39 is 5.97 Å². The van der Waals surface area contributed by atoms with Gasteiger partial charge in [0.1, 0.15) is 11.3 Å². The Bertz CT molecular complexity index is 680. The largest absolute Gasteiger partial charge is 0.478 e. The molecule has 2 unspecified atom stereocenters. The minimum absolute atomic E-state index is 0.298. The lowest BCUT2D eigenvalue weighted by Crippen LogP contribution is -2.08. The third-order valence-corrected chi connectivity index (χ3v) is 5.48. The molecule has 0 aliphatic heterocycles. The van der Waals surface area contributed by atoms with Crippen molar-refractivity contribution in [2.75, 3.05) is 5.75 Å². The van der Waals surface area contributed by atoms with E-state index in [1.807, 2.05) is 30.8 Å². The molecule has 0 radical (unpaired) electrons. The number of thioether (sulfide) groups is 1. The number of carboxylic acid groups (broad SMARTS) is 1. The van der Waals surface area contributed by atoms with Crippen LogP contribution in [-0.4, -0.2) is 31.6 Å². The van der Waals surface area contributed by atoms with Crippen molar-refractivity contribution in [2.45, 2.75) is 44.4 Å². The average Bonchev–Trinajstić information content (AvgIpc) is 3.01. The van der Waals surface area contributed by atoms with Crippen LogP contribution < -0.4 is 0 Å². The summed E-state index contributed by atoms with van der Waals surface area (Å²) in [6.45, 7) is 4.18. The molecule has 4 nitrogen and oxygen atoms in total. The Kier molecular flexibility index (Phi) is 3.93. The van der Waals surface area contributed by atoms with E-state index in [1.54, 1.807) is 6.07 Å². The molecule has 0 saturated heterocycles. The molecular weight excluding hydrogens is 284 g/mol. The Morgan fingerprint density at radius 1 is 1.48 bits per heavy atom. The van der Waals surface area contributed by atoms with Crippen molar-refractivity contribution in [1.82, 2.24) is 9.55 Å². The number of aryl methyl sites for hydroxylation is 1. The molecule has 0 bridgehead atoms. The highest BCUT2D eigenvalue weighted by molar-refractivity contribution is 7.99. The Morgan fingerprint density at radius 2 is 2.29 bits per heavy atom. The number of aromatic nitrogens is 2. The quantitative estimate of drug-likeness (QED) is 0.931. The lowest BCUT2D eigenvalue weighted by atomic mass is 10.1. The molecule has 2 atom stereocenters. The normalized spacial score (nSPS) is 22.0. The number of aromatic carboxylic acids is 1. The molecule has 5 heteroatoms. The molecule has 2 aromatic rings. The van der Waals surface area contributed by atoms with E-state index in [0.29, 0.717) is 17.1 Å². The van der Waals surface area contributed by atoms with Crippen molar-refractivity contribution >= 4 is 28.8 Å². The van der Waals surface area contributed by atoms with Crippen molar-refractivity contribution in [3.8, 4) is 0 Å². The zero-order valence-electron chi connectivity index (χ0n) is 12.4. The fourth-order valence-corrected chi connectivity index (χ4v) is 4.54. The van der Waals surface area contributed by atoms with Crippen LogP contribution in [0.2, 0.25) is 0 Å². The summed E-state index contributed by atoms with van der Waals surface area (Å²) in [7, 11) is 0. The first-order valence-corrected chi connectivity index (χ1v) is 8.49. The summed E-state index contributed by atoms with van der Waals surface area (Å²) in [5.41, 5.74) is 1.88. The first-order valence-electron chi connectivity index (χ1n) is 7.44. The summed E-state index contributed by atoms with van der Waals surface area (Å²) >= 11 is 2.03. The van der Waals surface area contributed by atoms with Crippen LogP contribution >= 0.6 is 11.8 Å². The number of para-hydroxylation sites is 1. The zero-order chi connectivity index (χ0) is 15.0. The smallest absolute Gasteiger partial charge is 0.337 e. The molecule has 1 saturated carbocycles. The highest BCUT2D eigenvalue weighted by Crippen LogP contribution is 2.39. The Labute approximate surface area is 128 Å². The predicted molar refractivity (Wildman–Crippen MR) is 86.2 cm³/mol. The van der Waals surface area contributed by atoms with Crippen molar-refractivity contribution < 1.29 is 9.90 Å². The van der Waals surface area contributed by atoms with Gasteiger partial charge in [0.2, 0.25) is 0 Å². The number of imidazole rings is 1. The first kappa shape index (κ1) is 14.4. The van der Waals surface area contributed by atoms with E-state index in [4.69, 9.17) is 0 Å². The number of carbonyl (C=O) groups is 1. The van der Waals surface area contributed by atoms with Crippen LogP contribution in [0.15, 0.2) is 18.2 Å². The molecule has 3 rings (SSSR count). The molecule has 1 fully saturated rings. The molecule has 21 heavy (non-hydrogen) atoms. The van der Waals surface area contributed by atoms with E-state index in [2.05, 4.69) is 16.5 Å². The first-order chi connectivity index (χ1) is 10.1. The van der Waals surface area contributed by atoms with E-state index >= 15 is 0 Å². The zero-order valence-corrected chi connectivity index (χ0v) is 13.2. The van der Waals surface area contributed by atoms with Gasteiger partial charge in [-0.3, -0.25) is 0 Å². The maximum Gasteiger partial charge on any atom is 0.337 e. The number of nitrogens with zero attached hydrogens (tertiary/aromatic N) is 2. The van der Waals surface area contributed by atoms with Gasteiger partial charge in [-0.15, -0.1) is 0 Å². The van der Waals surface area contributed by atoms with Gasteiger partial charge in [0.25, 0.3) is 0 Å². The third-order valence-electron chi connectivity index (χ3n) is 4.25. The second kappa shape index (κ2) is 5.72. The minimum atomic E-state index is -0.906. The molecular formula is C16H20N2O2S. The van der Waals surface area contributed by atoms with E-state index in [0.717, 1.165) is 35.2 Å². The Balaban J connectivity index is 2.02. The SMILES string of the molecule is CCSC1CCC(n2c(C)nc3c(C(=O)O)cccc32)C1. The van der Waals surface area contributed by atoms with Gasteiger partial charge in [-0.25, -0.2) is 9.78 Å². The van der Waals surface area contributed by atoms with Crippen LogP contribution in [0.4, 0.5) is 0 Å². The topological polar surface area (TPSA) is 55.1 Å². The summed E-state index contributed by atoms with van der Waals surface area (Å²) in [4.78, 5) is 15.9. The summed E-state index contributed by atoms with van der Waals surface area (Å²) < 4.78 is 2.25. The second-order valence-corrected chi connectivity index (χ2v) is 7.13. The van der Waals surface area contributed by atoms with Crippen molar-refractivity contribution in [2.24, 2.45) is 0 Å². The number of rotatable bonds is 4. The molecule has 1 aromatic carbocycles. The Hall–Kier alpha value is -1.49. The number of carboxylic acids is 1. The average molecular weight is 304 g/mol. The van der Waals surface area contributed by atoms with Gasteiger partial charge in [-0.2, -0.15) is 11.8 Å². The van der Waals surface area contributed by atoms with Gasteiger partial charge >= 0.3 is 5.97 Å². The van der Waals surface area contributed by atoms with Crippen molar-refractivity contribution in [3.63, 3.8) is 0 Å². The lowest BCUT2D eigenvalue weighted by molar-refractivity contribution is 0.0699. The molecule has 1 aliphatic carbocycles. The second-order valence-electron chi connectivity index (χ2n) is 5.55. The fraction of sp³-hybridized carbons (Fsp3) is 0.500. The number of hydrogen-bond donors (Lipinski definition) is 1. The minimum Gasteiger partial charge on any atom is -0.478 e. The number of hydrogen-bond acceptors (Lipinski definition) is 3. The van der Waals surface area contributed by atoms with Crippen LogP contribution in [0, 0.1) is 6.92 Å². The fourth-order valence-electron chi connectivity index (χ4n) is 3.41. The molecule has 0 amide bonds. The molecule has 1 aliphatic rings. The molecule has 1 N–H and O–H groups in total. The monoisotopic (exact) mass is 304 g/mol. The predicted octanol–water partition coefficient (Wildman–Crippen LogP) is 3.89. The molecule has 1 heterocycles. The highest BCUT2D eigenvalue weighted by atomic mass is 32.2. The van der Waals surface area contributed by atoms with Crippen LogP contribution in [0.5, 0.6) is 0 Å². The summed E-state index contributed by atoms with van der Waals surface area (Å²) in [6, 6.07) is 5.88. The highest BCUT2D eigenvalue weighted by Gasteiger charge is 2.28. The van der Waals surface area contributed by atoms with Gasteiger partial charge in [-0.1, -0.05) is 13.0 Å². The number of fused-ring (bicyclic) bond motifs is 1. The maximum atomic E-state index is 11.3. The van der Waals surface area contributed by atoms with Gasteiger partial charge in [0, 0.05) is 11.3 Å². The molecule has 0 spiro atoms. The van der Waals surface area contributed by atoms with Crippen LogP contribution in [0.3, 0.4) is 0 Å². The molecule has 1 aromatic heterocycles. The summed E-state index contributed by atoms with van der Waals surface area (Å²) in [5.74, 6) is 1.17. The van der Waals surface area contributed by atoms with Crippen LogP contribution in [0.25, 0.3) is 11.0 Å². The Morgan fingerprint density at radius 3 is 3.00 bits per heavy atom. The van der Waals surface area contributed by atoms with Gasteiger partial charge in [-0.05, 0) is 44.1 Å². The van der Waals surface area contributed by atoms with E-state index in [-0.39, 0.29) is 0 Å². The van der Waals surface area contributed by atoms with Gasteiger partial charge in [0.05, 0.1) is 11.1 Å².